The van der Waals surface area contributed by atoms with Crippen LogP contribution in [0.1, 0.15) is 46.0 Å². The van der Waals surface area contributed by atoms with Crippen LogP contribution in [0.3, 0.4) is 0 Å². The van der Waals surface area contributed by atoms with Gasteiger partial charge in [0.05, 0.1) is 11.8 Å². The second kappa shape index (κ2) is 7.60. The third-order valence-corrected chi connectivity index (χ3v) is 6.18. The lowest BCUT2D eigenvalue weighted by atomic mass is 9.78. The number of carbonyl (C=O) groups excluding carboxylic acids is 4. The summed E-state index contributed by atoms with van der Waals surface area (Å²) < 4.78 is 0. The van der Waals surface area contributed by atoms with Gasteiger partial charge < -0.3 is 5.32 Å². The lowest BCUT2D eigenvalue weighted by Crippen LogP contribution is -2.51. The van der Waals surface area contributed by atoms with Gasteiger partial charge in [-0.15, -0.1) is 0 Å². The minimum absolute atomic E-state index is 0.0375. The molecule has 2 N–H and O–H groups in total. The molecule has 5 amide bonds. The zero-order chi connectivity index (χ0) is 18.8. The van der Waals surface area contributed by atoms with Gasteiger partial charge in [0.15, 0.2) is 0 Å². The van der Waals surface area contributed by atoms with Crippen LogP contribution < -0.4 is 10.6 Å². The maximum Gasteiger partial charge on any atom is 0.321 e. The fraction of sp³-hybridized carbons (Fsp3) is 0.684. The number of urea groups is 1. The standard InChI is InChI=1S/C19H27N3O4/c1-11-6-5-9-15(12(11)2)20-19(26)21-16(23)10-22-17(24)13-7-3-4-8-14(13)18(22)25/h3-4,11-15H,5-10H2,1-2H3,(H2,20,21,23,26)/t11-,12-,13-,14+,15-/m1/s1. The average Bonchev–Trinajstić information content (AvgIpc) is 2.84. The molecule has 7 heteroatoms. The largest absolute Gasteiger partial charge is 0.335 e. The molecule has 3 aliphatic rings. The number of hydrogen-bond acceptors (Lipinski definition) is 4. The summed E-state index contributed by atoms with van der Waals surface area (Å²) in [5.74, 6) is -1.10. The number of nitrogens with zero attached hydrogens (tertiary/aromatic N) is 1. The Morgan fingerprint density at radius 2 is 1.69 bits per heavy atom. The molecule has 5 atom stereocenters. The van der Waals surface area contributed by atoms with Crippen LogP contribution >= 0.6 is 0 Å². The van der Waals surface area contributed by atoms with Gasteiger partial charge in [-0.1, -0.05) is 38.8 Å². The molecule has 0 bridgehead atoms. The number of likely N-dealkylation sites (tertiary alicyclic amines) is 1. The van der Waals surface area contributed by atoms with E-state index in [9.17, 15) is 19.2 Å². The summed E-state index contributed by atoms with van der Waals surface area (Å²) in [6.07, 6.45) is 7.96. The minimum Gasteiger partial charge on any atom is -0.335 e. The fourth-order valence-corrected chi connectivity index (χ4v) is 4.32. The van der Waals surface area contributed by atoms with Gasteiger partial charge in [-0.25, -0.2) is 4.79 Å². The van der Waals surface area contributed by atoms with Gasteiger partial charge >= 0.3 is 6.03 Å². The molecule has 0 aromatic heterocycles. The molecular formula is C19H27N3O4. The third kappa shape index (κ3) is 3.66. The van der Waals surface area contributed by atoms with Crippen LogP contribution in [0.4, 0.5) is 4.79 Å². The van der Waals surface area contributed by atoms with Gasteiger partial charge in [-0.2, -0.15) is 0 Å². The Morgan fingerprint density at radius 3 is 2.31 bits per heavy atom. The summed E-state index contributed by atoms with van der Waals surface area (Å²) in [5, 5.41) is 5.12. The maximum atomic E-state index is 12.4. The van der Waals surface area contributed by atoms with Crippen molar-refractivity contribution in [1.82, 2.24) is 15.5 Å². The van der Waals surface area contributed by atoms with E-state index in [1.54, 1.807) is 0 Å². The number of amides is 5. The number of carbonyl (C=O) groups is 4. The summed E-state index contributed by atoms with van der Waals surface area (Å²) in [6, 6.07) is -0.519. The summed E-state index contributed by atoms with van der Waals surface area (Å²) >= 11 is 0. The van der Waals surface area contributed by atoms with E-state index in [1.165, 1.54) is 0 Å². The highest BCUT2D eigenvalue weighted by Gasteiger charge is 2.47. The molecule has 0 spiro atoms. The van der Waals surface area contributed by atoms with Crippen molar-refractivity contribution >= 4 is 23.8 Å². The SMILES string of the molecule is C[C@@H]1[C@H](C)CCC[C@H]1NC(=O)NC(=O)CN1C(=O)[C@H]2CC=CC[C@H]2C1=O. The van der Waals surface area contributed by atoms with Crippen molar-refractivity contribution in [2.45, 2.75) is 52.0 Å². The number of imide groups is 2. The Balaban J connectivity index is 1.51. The van der Waals surface area contributed by atoms with E-state index in [1.807, 2.05) is 12.2 Å². The van der Waals surface area contributed by atoms with Crippen molar-refractivity contribution in [2.24, 2.45) is 23.7 Å². The van der Waals surface area contributed by atoms with Crippen LogP contribution in [0.2, 0.25) is 0 Å². The molecule has 1 saturated heterocycles. The summed E-state index contributed by atoms with van der Waals surface area (Å²) in [4.78, 5) is 50.0. The lowest BCUT2D eigenvalue weighted by Gasteiger charge is -2.34. The Hall–Kier alpha value is -2.18. The van der Waals surface area contributed by atoms with E-state index < -0.39 is 18.5 Å². The molecule has 0 aromatic rings. The Morgan fingerprint density at radius 1 is 1.08 bits per heavy atom. The molecule has 142 valence electrons. The van der Waals surface area contributed by atoms with E-state index in [0.717, 1.165) is 24.2 Å². The van der Waals surface area contributed by atoms with Crippen LogP contribution in [0, 0.1) is 23.7 Å². The number of nitrogens with one attached hydrogen (secondary N) is 2. The number of allylic oxidation sites excluding steroid dienone is 2. The highest BCUT2D eigenvalue weighted by Crippen LogP contribution is 2.34. The first-order valence-corrected chi connectivity index (χ1v) is 9.49. The quantitative estimate of drug-likeness (QED) is 0.589. The van der Waals surface area contributed by atoms with E-state index in [-0.39, 0.29) is 29.7 Å². The molecule has 0 radical (unpaired) electrons. The van der Waals surface area contributed by atoms with Crippen LogP contribution in [0.5, 0.6) is 0 Å². The molecule has 1 heterocycles. The molecular weight excluding hydrogens is 334 g/mol. The molecule has 2 aliphatic carbocycles. The highest BCUT2D eigenvalue weighted by atomic mass is 16.2. The molecule has 0 unspecified atom stereocenters. The molecule has 7 nitrogen and oxygen atoms in total. The minimum atomic E-state index is -0.632. The van der Waals surface area contributed by atoms with Crippen molar-refractivity contribution in [3.63, 3.8) is 0 Å². The van der Waals surface area contributed by atoms with Gasteiger partial charge in [-0.05, 0) is 31.1 Å². The van der Waals surface area contributed by atoms with Crippen LogP contribution in [0.25, 0.3) is 0 Å². The highest BCUT2D eigenvalue weighted by molar-refractivity contribution is 6.08. The first kappa shape index (κ1) is 18.6. The summed E-state index contributed by atoms with van der Waals surface area (Å²) in [5.41, 5.74) is 0. The predicted molar refractivity (Wildman–Crippen MR) is 94.7 cm³/mol. The first-order valence-electron chi connectivity index (χ1n) is 9.49. The predicted octanol–water partition coefficient (Wildman–Crippen LogP) is 1.59. The number of hydrogen-bond donors (Lipinski definition) is 2. The molecule has 1 aliphatic heterocycles. The topological polar surface area (TPSA) is 95.6 Å². The van der Waals surface area contributed by atoms with E-state index in [4.69, 9.17) is 0 Å². The van der Waals surface area contributed by atoms with E-state index in [2.05, 4.69) is 24.5 Å². The fourth-order valence-electron chi connectivity index (χ4n) is 4.32. The second-order valence-corrected chi connectivity index (χ2v) is 7.81. The summed E-state index contributed by atoms with van der Waals surface area (Å²) in [6.45, 7) is 3.88. The maximum absolute atomic E-state index is 12.4. The number of fused-ring (bicyclic) bond motifs is 1. The van der Waals surface area contributed by atoms with Gasteiger partial charge in [0, 0.05) is 6.04 Å². The lowest BCUT2D eigenvalue weighted by molar-refractivity contribution is -0.143. The molecule has 26 heavy (non-hydrogen) atoms. The van der Waals surface area contributed by atoms with Crippen molar-refractivity contribution in [2.75, 3.05) is 6.54 Å². The first-order chi connectivity index (χ1) is 12.4. The molecule has 1 saturated carbocycles. The van der Waals surface area contributed by atoms with Gasteiger partial charge in [-0.3, -0.25) is 24.6 Å². The zero-order valence-corrected chi connectivity index (χ0v) is 15.4. The van der Waals surface area contributed by atoms with Gasteiger partial charge in [0.1, 0.15) is 6.54 Å². The van der Waals surface area contributed by atoms with Crippen LogP contribution in [0.15, 0.2) is 12.2 Å². The Bertz CT molecular complexity index is 619. The number of rotatable bonds is 3. The zero-order valence-electron chi connectivity index (χ0n) is 15.4. The molecule has 0 aromatic carbocycles. The Labute approximate surface area is 153 Å². The second-order valence-electron chi connectivity index (χ2n) is 7.81. The van der Waals surface area contributed by atoms with E-state index >= 15 is 0 Å². The normalized spacial score (nSPS) is 33.8. The van der Waals surface area contributed by atoms with Gasteiger partial charge in [0.2, 0.25) is 17.7 Å². The van der Waals surface area contributed by atoms with E-state index in [0.29, 0.717) is 24.7 Å². The molecule has 3 rings (SSSR count). The van der Waals surface area contributed by atoms with Crippen molar-refractivity contribution in [1.29, 1.82) is 0 Å². The van der Waals surface area contributed by atoms with Gasteiger partial charge in [0.25, 0.3) is 0 Å². The molecule has 2 fully saturated rings. The Kier molecular flexibility index (Phi) is 5.44. The summed E-state index contributed by atoms with van der Waals surface area (Å²) in [7, 11) is 0. The third-order valence-electron chi connectivity index (χ3n) is 6.18. The van der Waals surface area contributed by atoms with Crippen molar-refractivity contribution < 1.29 is 19.2 Å². The monoisotopic (exact) mass is 361 g/mol. The van der Waals surface area contributed by atoms with Crippen LogP contribution in [-0.2, 0) is 14.4 Å². The van der Waals surface area contributed by atoms with Crippen molar-refractivity contribution in [3.05, 3.63) is 12.2 Å². The smallest absolute Gasteiger partial charge is 0.321 e. The average molecular weight is 361 g/mol. The van der Waals surface area contributed by atoms with Crippen molar-refractivity contribution in [3.8, 4) is 0 Å². The van der Waals surface area contributed by atoms with Crippen LogP contribution in [-0.4, -0.2) is 41.2 Å².